The Kier molecular flexibility index (Phi) is 8.34. The molecule has 1 heterocycles. The Morgan fingerprint density at radius 1 is 1.03 bits per heavy atom. The summed E-state index contributed by atoms with van der Waals surface area (Å²) in [6.07, 6.45) is 5.83. The summed E-state index contributed by atoms with van der Waals surface area (Å²) in [6, 6.07) is 20.4. The molecule has 0 N–H and O–H groups in total. The average Bonchev–Trinajstić information content (AvgIpc) is 3.32. The lowest BCUT2D eigenvalue weighted by molar-refractivity contribution is -0.107. The summed E-state index contributed by atoms with van der Waals surface area (Å²) in [5.74, 6) is 0.207. The van der Waals surface area contributed by atoms with Crippen molar-refractivity contribution < 1.29 is 14.0 Å². The number of hydrogen-bond donors (Lipinski definition) is 0. The van der Waals surface area contributed by atoms with Crippen LogP contribution < -0.4 is 4.90 Å². The number of thiophene rings is 1. The van der Waals surface area contributed by atoms with Crippen LogP contribution in [-0.2, 0) is 11.3 Å². The maximum atomic E-state index is 15.3. The quantitative estimate of drug-likeness (QED) is 0.202. The zero-order chi connectivity index (χ0) is 27.5. The van der Waals surface area contributed by atoms with Crippen LogP contribution in [-0.4, -0.2) is 30.3 Å². The second-order valence-electron chi connectivity index (χ2n) is 10.3. The van der Waals surface area contributed by atoms with Gasteiger partial charge in [0.15, 0.2) is 0 Å². The lowest BCUT2D eigenvalue weighted by atomic mass is 9.83. The van der Waals surface area contributed by atoms with Gasteiger partial charge in [-0.05, 0) is 73.1 Å². The molecular weight excluding hydrogens is 531 g/mol. The van der Waals surface area contributed by atoms with Gasteiger partial charge in [-0.1, -0.05) is 61.3 Å². The zero-order valence-corrected chi connectivity index (χ0v) is 23.8. The van der Waals surface area contributed by atoms with Crippen LogP contribution in [0.3, 0.4) is 0 Å². The largest absolute Gasteiger partial charge is 0.330 e. The van der Waals surface area contributed by atoms with Crippen molar-refractivity contribution in [3.8, 4) is 11.1 Å². The molecule has 0 saturated heterocycles. The van der Waals surface area contributed by atoms with Gasteiger partial charge in [0, 0.05) is 41.0 Å². The second-order valence-corrected chi connectivity index (χ2v) is 11.8. The Bertz CT molecular complexity index is 1480. The van der Waals surface area contributed by atoms with Crippen LogP contribution >= 0.6 is 22.9 Å². The fourth-order valence-electron chi connectivity index (χ4n) is 5.52. The van der Waals surface area contributed by atoms with E-state index in [1.165, 1.54) is 22.3 Å². The molecule has 2 amide bonds. The summed E-state index contributed by atoms with van der Waals surface area (Å²) < 4.78 is 16.2. The average molecular weight is 563 g/mol. The van der Waals surface area contributed by atoms with Crippen LogP contribution in [0, 0.1) is 11.7 Å². The molecule has 4 nitrogen and oxygen atoms in total. The monoisotopic (exact) mass is 562 g/mol. The minimum absolute atomic E-state index is 0.0304. The van der Waals surface area contributed by atoms with Crippen molar-refractivity contribution in [1.29, 1.82) is 0 Å². The van der Waals surface area contributed by atoms with E-state index in [1.54, 1.807) is 13.1 Å². The number of carbonyl (C=O) groups is 2. The van der Waals surface area contributed by atoms with Crippen molar-refractivity contribution in [3.63, 3.8) is 0 Å². The minimum Gasteiger partial charge on any atom is -0.330 e. The molecule has 4 aromatic rings. The third kappa shape index (κ3) is 5.73. The van der Waals surface area contributed by atoms with Crippen LogP contribution in [0.15, 0.2) is 66.7 Å². The van der Waals surface area contributed by atoms with Crippen molar-refractivity contribution in [2.24, 2.45) is 5.92 Å². The van der Waals surface area contributed by atoms with Gasteiger partial charge in [0.25, 0.3) is 5.91 Å². The van der Waals surface area contributed by atoms with Gasteiger partial charge in [0.1, 0.15) is 10.7 Å². The first-order valence-electron chi connectivity index (χ1n) is 13.4. The van der Waals surface area contributed by atoms with E-state index in [-0.39, 0.29) is 24.3 Å². The number of amides is 2. The van der Waals surface area contributed by atoms with Crippen LogP contribution in [0.5, 0.6) is 0 Å². The van der Waals surface area contributed by atoms with E-state index in [4.69, 9.17) is 11.6 Å². The van der Waals surface area contributed by atoms with Crippen molar-refractivity contribution >= 4 is 51.0 Å². The summed E-state index contributed by atoms with van der Waals surface area (Å²) in [6.45, 7) is 2.39. The Morgan fingerprint density at radius 3 is 2.38 bits per heavy atom. The highest BCUT2D eigenvalue weighted by Crippen LogP contribution is 2.38. The molecule has 0 bridgehead atoms. The fourth-order valence-corrected chi connectivity index (χ4v) is 6.99. The van der Waals surface area contributed by atoms with Gasteiger partial charge in [-0.3, -0.25) is 9.59 Å². The van der Waals surface area contributed by atoms with E-state index in [9.17, 15) is 9.59 Å². The predicted molar refractivity (Wildman–Crippen MR) is 159 cm³/mol. The molecule has 1 aliphatic rings. The van der Waals surface area contributed by atoms with Gasteiger partial charge in [0.05, 0.1) is 5.02 Å². The molecule has 1 saturated carbocycles. The lowest BCUT2D eigenvalue weighted by Gasteiger charge is -2.37. The molecule has 1 aromatic heterocycles. The number of benzene rings is 3. The number of nitrogens with zero attached hydrogens (tertiary/aromatic N) is 2. The first-order chi connectivity index (χ1) is 18.9. The summed E-state index contributed by atoms with van der Waals surface area (Å²) >= 11 is 8.13. The van der Waals surface area contributed by atoms with Crippen molar-refractivity contribution in [2.75, 3.05) is 11.9 Å². The highest BCUT2D eigenvalue weighted by Gasteiger charge is 2.32. The molecule has 0 aliphatic heterocycles. The molecule has 0 spiro atoms. The van der Waals surface area contributed by atoms with Gasteiger partial charge >= 0.3 is 0 Å². The van der Waals surface area contributed by atoms with Gasteiger partial charge in [-0.15, -0.1) is 11.3 Å². The molecule has 5 rings (SSSR count). The first-order valence-corrected chi connectivity index (χ1v) is 14.6. The number of fused-ring (bicyclic) bond motifs is 1. The van der Waals surface area contributed by atoms with Crippen LogP contribution in [0.4, 0.5) is 10.1 Å². The van der Waals surface area contributed by atoms with Crippen molar-refractivity contribution in [1.82, 2.24) is 4.90 Å². The predicted octanol–water partition coefficient (Wildman–Crippen LogP) is 8.56. The molecule has 1 aliphatic carbocycles. The standard InChI is InChI=1S/C32H32ClFN2O2S/c1-3-21-8-13-26(14-9-21)36(32(38)31-30(33)27-6-4-5-7-29(27)39-31)19-24-18-23(12-17-28(24)34)22-10-15-25(16-11-22)35(2)20-37/h4-7,10-12,15-18,20-21,26H,3,8-9,13-14,19H2,1-2H3. The first kappa shape index (κ1) is 27.4. The molecule has 0 unspecified atom stereocenters. The molecule has 202 valence electrons. The number of rotatable bonds is 8. The summed E-state index contributed by atoms with van der Waals surface area (Å²) in [4.78, 5) is 29.0. The van der Waals surface area contributed by atoms with Crippen LogP contribution in [0.1, 0.15) is 54.3 Å². The van der Waals surface area contributed by atoms with E-state index >= 15 is 4.39 Å². The maximum Gasteiger partial charge on any atom is 0.266 e. The minimum atomic E-state index is -0.335. The van der Waals surface area contributed by atoms with E-state index in [2.05, 4.69) is 6.92 Å². The Labute approximate surface area is 238 Å². The number of hydrogen-bond acceptors (Lipinski definition) is 3. The highest BCUT2D eigenvalue weighted by molar-refractivity contribution is 7.21. The van der Waals surface area contributed by atoms with Gasteiger partial charge in [0.2, 0.25) is 6.41 Å². The number of halogens is 2. The van der Waals surface area contributed by atoms with Crippen LogP contribution in [0.25, 0.3) is 21.2 Å². The fraction of sp³-hybridized carbons (Fsp3) is 0.312. The van der Waals surface area contributed by atoms with Crippen LogP contribution in [0.2, 0.25) is 5.02 Å². The third-order valence-corrected chi connectivity index (χ3v) is 9.64. The van der Waals surface area contributed by atoms with E-state index in [0.717, 1.165) is 65.4 Å². The third-order valence-electron chi connectivity index (χ3n) is 7.98. The number of anilines is 1. The highest BCUT2D eigenvalue weighted by atomic mass is 35.5. The normalized spacial score (nSPS) is 17.2. The molecule has 3 aromatic carbocycles. The summed E-state index contributed by atoms with van der Waals surface area (Å²) in [5.41, 5.74) is 3.02. The van der Waals surface area contributed by atoms with Crippen molar-refractivity contribution in [3.05, 3.63) is 88.0 Å². The molecule has 39 heavy (non-hydrogen) atoms. The van der Waals surface area contributed by atoms with E-state index in [1.807, 2.05) is 59.5 Å². The summed E-state index contributed by atoms with van der Waals surface area (Å²) in [5, 5.41) is 1.35. The lowest BCUT2D eigenvalue weighted by Crippen LogP contribution is -2.42. The second kappa shape index (κ2) is 11.9. The van der Waals surface area contributed by atoms with Gasteiger partial charge < -0.3 is 9.80 Å². The maximum absolute atomic E-state index is 15.3. The van der Waals surface area contributed by atoms with Gasteiger partial charge in [-0.2, -0.15) is 0 Å². The van der Waals surface area contributed by atoms with E-state index in [0.29, 0.717) is 21.4 Å². The Balaban J connectivity index is 1.48. The zero-order valence-electron chi connectivity index (χ0n) is 22.2. The van der Waals surface area contributed by atoms with Gasteiger partial charge in [-0.25, -0.2) is 4.39 Å². The smallest absolute Gasteiger partial charge is 0.266 e. The molecule has 7 heteroatoms. The molecule has 1 fully saturated rings. The van der Waals surface area contributed by atoms with E-state index < -0.39 is 0 Å². The van der Waals surface area contributed by atoms with Crippen molar-refractivity contribution in [2.45, 2.75) is 51.6 Å². The molecule has 0 radical (unpaired) electrons. The Hall–Kier alpha value is -3.22. The topological polar surface area (TPSA) is 40.6 Å². The summed E-state index contributed by atoms with van der Waals surface area (Å²) in [7, 11) is 1.69. The molecular formula is C32H32ClFN2O2S. The SMILES string of the molecule is CCC1CCC(N(Cc2cc(-c3ccc(N(C)C=O)cc3)ccc2F)C(=O)c2sc3ccccc3c2Cl)CC1. The molecule has 0 atom stereocenters. The Morgan fingerprint density at radius 2 is 1.72 bits per heavy atom. The number of carbonyl (C=O) groups excluding carboxylic acids is 2.